The van der Waals surface area contributed by atoms with E-state index in [1.165, 1.54) is 35.6 Å². The maximum atomic E-state index is 12.9. The van der Waals surface area contributed by atoms with Gasteiger partial charge in [0.05, 0.1) is 18.9 Å². The van der Waals surface area contributed by atoms with E-state index in [-0.39, 0.29) is 5.11 Å². The molecule has 26 heavy (non-hydrogen) atoms. The highest BCUT2D eigenvalue weighted by atomic mass is 32.1. The van der Waals surface area contributed by atoms with Crippen LogP contribution in [0, 0.1) is 5.82 Å². The Labute approximate surface area is 158 Å². The van der Waals surface area contributed by atoms with Gasteiger partial charge in [-0.1, -0.05) is 11.3 Å². The lowest BCUT2D eigenvalue weighted by Crippen LogP contribution is -2.34. The van der Waals surface area contributed by atoms with Gasteiger partial charge in [-0.3, -0.25) is 10.1 Å². The van der Waals surface area contributed by atoms with Crippen molar-refractivity contribution in [2.24, 2.45) is 0 Å². The fourth-order valence-corrected chi connectivity index (χ4v) is 3.38. The molecule has 2 N–H and O–H groups in total. The number of methoxy groups -OCH3 is 2. The van der Waals surface area contributed by atoms with E-state index in [0.29, 0.717) is 27.7 Å². The number of ether oxygens (including phenoxy) is 2. The number of nitrogens with one attached hydrogen (secondary N) is 2. The average Bonchev–Trinajstić information content (AvgIpc) is 3.03. The number of aromatic nitrogens is 1. The lowest BCUT2D eigenvalue weighted by molar-refractivity contribution is 0.0977. The van der Waals surface area contributed by atoms with Crippen molar-refractivity contribution in [3.8, 4) is 11.5 Å². The molecule has 9 heteroatoms. The smallest absolute Gasteiger partial charge is 0.257 e. The van der Waals surface area contributed by atoms with Gasteiger partial charge in [0.15, 0.2) is 10.2 Å². The van der Waals surface area contributed by atoms with Crippen molar-refractivity contribution in [3.63, 3.8) is 0 Å². The van der Waals surface area contributed by atoms with Gasteiger partial charge in [0.1, 0.15) is 22.8 Å². The minimum absolute atomic E-state index is 0.0873. The number of carbonyl (C=O) groups excluding carboxylic acids is 1. The molecule has 1 amide bonds. The Balaban J connectivity index is 1.74. The Bertz CT molecular complexity index is 973. The molecule has 1 aromatic heterocycles. The van der Waals surface area contributed by atoms with Crippen LogP contribution in [0.1, 0.15) is 10.4 Å². The standard InChI is InChI=1S/C17H14FN3O3S2/c1-23-11-7-12(24-2)14-13(8-11)26-17(19-14)21-16(25)20-15(22)9-3-5-10(18)6-4-9/h3-8H,1-2H3,(H2,19,20,21,22,25). The molecule has 3 rings (SSSR count). The summed E-state index contributed by atoms with van der Waals surface area (Å²) in [4.78, 5) is 16.5. The van der Waals surface area contributed by atoms with Gasteiger partial charge in [0.25, 0.3) is 5.91 Å². The fraction of sp³-hybridized carbons (Fsp3) is 0.118. The first-order valence-electron chi connectivity index (χ1n) is 7.40. The largest absolute Gasteiger partial charge is 0.497 e. The van der Waals surface area contributed by atoms with Crippen molar-refractivity contribution in [1.29, 1.82) is 0 Å². The van der Waals surface area contributed by atoms with Crippen LogP contribution in [0.4, 0.5) is 9.52 Å². The topological polar surface area (TPSA) is 72.5 Å². The zero-order chi connectivity index (χ0) is 18.7. The third kappa shape index (κ3) is 3.89. The van der Waals surface area contributed by atoms with Gasteiger partial charge in [0.2, 0.25) is 0 Å². The second kappa shape index (κ2) is 7.63. The summed E-state index contributed by atoms with van der Waals surface area (Å²) in [5.41, 5.74) is 0.958. The Morgan fingerprint density at radius 1 is 1.19 bits per heavy atom. The van der Waals surface area contributed by atoms with Crippen molar-refractivity contribution >= 4 is 49.9 Å². The van der Waals surface area contributed by atoms with Gasteiger partial charge in [-0.25, -0.2) is 9.37 Å². The summed E-state index contributed by atoms with van der Waals surface area (Å²) in [6.45, 7) is 0. The molecule has 0 unspecified atom stereocenters. The number of hydrogen-bond donors (Lipinski definition) is 2. The molecule has 0 atom stereocenters. The van der Waals surface area contributed by atoms with Crippen molar-refractivity contribution in [2.75, 3.05) is 19.5 Å². The van der Waals surface area contributed by atoms with E-state index in [0.717, 1.165) is 4.70 Å². The van der Waals surface area contributed by atoms with Crippen molar-refractivity contribution in [3.05, 3.63) is 47.8 Å². The lowest BCUT2D eigenvalue weighted by atomic mass is 10.2. The summed E-state index contributed by atoms with van der Waals surface area (Å²) in [5.74, 6) is 0.366. The second-order valence-corrected chi connectivity index (χ2v) is 6.55. The highest BCUT2D eigenvalue weighted by Gasteiger charge is 2.14. The van der Waals surface area contributed by atoms with Crippen LogP contribution in [-0.2, 0) is 0 Å². The predicted molar refractivity (Wildman–Crippen MR) is 103 cm³/mol. The molecule has 0 aliphatic carbocycles. The van der Waals surface area contributed by atoms with Crippen LogP contribution in [0.3, 0.4) is 0 Å². The van der Waals surface area contributed by atoms with Crippen molar-refractivity contribution < 1.29 is 18.7 Å². The normalized spacial score (nSPS) is 10.4. The molecule has 3 aromatic rings. The number of amides is 1. The molecule has 1 heterocycles. The SMILES string of the molecule is COc1cc(OC)c2nc(NC(=S)NC(=O)c3ccc(F)cc3)sc2c1. The first-order valence-corrected chi connectivity index (χ1v) is 8.63. The van der Waals surface area contributed by atoms with Crippen LogP contribution in [0.5, 0.6) is 11.5 Å². The number of rotatable bonds is 4. The van der Waals surface area contributed by atoms with E-state index < -0.39 is 11.7 Å². The third-order valence-electron chi connectivity index (χ3n) is 3.44. The highest BCUT2D eigenvalue weighted by molar-refractivity contribution is 7.80. The minimum Gasteiger partial charge on any atom is -0.497 e. The molecule has 0 spiro atoms. The molecule has 0 bridgehead atoms. The minimum atomic E-state index is -0.442. The summed E-state index contributed by atoms with van der Waals surface area (Å²) in [6.07, 6.45) is 0. The highest BCUT2D eigenvalue weighted by Crippen LogP contribution is 2.36. The van der Waals surface area contributed by atoms with Crippen LogP contribution < -0.4 is 20.1 Å². The summed E-state index contributed by atoms with van der Waals surface area (Å²) < 4.78 is 24.3. The van der Waals surface area contributed by atoms with E-state index in [4.69, 9.17) is 21.7 Å². The number of hydrogen-bond acceptors (Lipinski definition) is 6. The first-order chi connectivity index (χ1) is 12.5. The number of halogens is 1. The molecule has 0 saturated carbocycles. The van der Waals surface area contributed by atoms with Gasteiger partial charge in [-0.05, 0) is 42.5 Å². The second-order valence-electron chi connectivity index (χ2n) is 5.11. The van der Waals surface area contributed by atoms with Crippen molar-refractivity contribution in [1.82, 2.24) is 10.3 Å². The summed E-state index contributed by atoms with van der Waals surface area (Å²) in [7, 11) is 3.12. The lowest BCUT2D eigenvalue weighted by Gasteiger charge is -2.07. The number of benzene rings is 2. The zero-order valence-corrected chi connectivity index (χ0v) is 15.5. The Kier molecular flexibility index (Phi) is 5.29. The van der Waals surface area contributed by atoms with Crippen LogP contribution in [0.15, 0.2) is 36.4 Å². The number of carbonyl (C=O) groups is 1. The monoisotopic (exact) mass is 391 g/mol. The first kappa shape index (κ1) is 18.0. The van der Waals surface area contributed by atoms with E-state index in [2.05, 4.69) is 15.6 Å². The van der Waals surface area contributed by atoms with Crippen molar-refractivity contribution in [2.45, 2.75) is 0 Å². The number of nitrogens with zero attached hydrogens (tertiary/aromatic N) is 1. The number of thiazole rings is 1. The molecule has 0 saturated heterocycles. The van der Waals surface area contributed by atoms with E-state index in [1.54, 1.807) is 20.3 Å². The molecule has 6 nitrogen and oxygen atoms in total. The number of fused-ring (bicyclic) bond motifs is 1. The van der Waals surface area contributed by atoms with Crippen LogP contribution in [0.2, 0.25) is 0 Å². The Morgan fingerprint density at radius 3 is 2.58 bits per heavy atom. The Hall–Kier alpha value is -2.78. The van der Waals surface area contributed by atoms with Gasteiger partial charge in [-0.2, -0.15) is 0 Å². The zero-order valence-electron chi connectivity index (χ0n) is 13.8. The maximum absolute atomic E-state index is 12.9. The molecule has 0 fully saturated rings. The molecule has 0 aliphatic rings. The molecule has 2 aromatic carbocycles. The predicted octanol–water partition coefficient (Wildman–Crippen LogP) is 3.58. The molecule has 0 radical (unpaired) electrons. The van der Waals surface area contributed by atoms with E-state index >= 15 is 0 Å². The van der Waals surface area contributed by atoms with Gasteiger partial charge in [-0.15, -0.1) is 0 Å². The molecular weight excluding hydrogens is 377 g/mol. The fourth-order valence-electron chi connectivity index (χ4n) is 2.21. The Morgan fingerprint density at radius 2 is 1.92 bits per heavy atom. The van der Waals surface area contributed by atoms with E-state index in [9.17, 15) is 9.18 Å². The summed E-state index contributed by atoms with van der Waals surface area (Å²) >= 11 is 6.49. The van der Waals surface area contributed by atoms with Gasteiger partial charge < -0.3 is 14.8 Å². The molecular formula is C17H14FN3O3S2. The maximum Gasteiger partial charge on any atom is 0.257 e. The third-order valence-corrected chi connectivity index (χ3v) is 4.56. The van der Waals surface area contributed by atoms with Crippen LogP contribution >= 0.6 is 23.6 Å². The average molecular weight is 391 g/mol. The summed E-state index contributed by atoms with van der Waals surface area (Å²) in [6, 6.07) is 8.74. The van der Waals surface area contributed by atoms with Crippen LogP contribution in [0.25, 0.3) is 10.2 Å². The number of thiocarbonyl (C=S) groups is 1. The molecule has 0 aliphatic heterocycles. The van der Waals surface area contributed by atoms with E-state index in [1.807, 2.05) is 6.07 Å². The van der Waals surface area contributed by atoms with Crippen LogP contribution in [-0.4, -0.2) is 30.2 Å². The number of anilines is 1. The summed E-state index contributed by atoms with van der Waals surface area (Å²) in [5, 5.41) is 5.98. The quantitative estimate of drug-likeness (QED) is 0.663. The van der Waals surface area contributed by atoms with Gasteiger partial charge in [0, 0.05) is 11.6 Å². The van der Waals surface area contributed by atoms with Gasteiger partial charge >= 0.3 is 0 Å². The molecule has 134 valence electrons.